The molecule has 7 nitrogen and oxygen atoms in total. The predicted molar refractivity (Wildman–Crippen MR) is 64.1 cm³/mol. The summed E-state index contributed by atoms with van der Waals surface area (Å²) in [4.78, 5) is 31.0. The molecule has 1 aromatic rings. The van der Waals surface area contributed by atoms with Crippen molar-refractivity contribution in [3.05, 3.63) is 39.9 Å². The lowest BCUT2D eigenvalue weighted by Gasteiger charge is -2.06. The van der Waals surface area contributed by atoms with Gasteiger partial charge in [0.2, 0.25) is 0 Å². The van der Waals surface area contributed by atoms with Crippen molar-refractivity contribution in [1.82, 2.24) is 0 Å². The highest BCUT2D eigenvalue weighted by atomic mass is 24.3. The number of non-ortho nitro benzene ring substituents is 1. The number of benzene rings is 1. The Kier molecular flexibility index (Phi) is 6.27. The highest BCUT2D eigenvalue weighted by Gasteiger charge is 2.25. The highest BCUT2D eigenvalue weighted by molar-refractivity contribution is 5.93. The summed E-state index contributed by atoms with van der Waals surface area (Å²) in [6.07, 6.45) is -0.206. The molecule has 0 spiro atoms. The molecule has 1 aromatic carbocycles. The Morgan fingerprint density at radius 2 is 1.61 bits per heavy atom. The Labute approximate surface area is 118 Å². The van der Waals surface area contributed by atoms with Crippen LogP contribution in [0.2, 0.25) is 0 Å². The first-order chi connectivity index (χ1) is 7.91. The van der Waals surface area contributed by atoms with E-state index in [-0.39, 0.29) is 35.2 Å². The Hall–Kier alpha value is -1.67. The normalized spacial score (nSPS) is 9.61. The second-order valence-electron chi connectivity index (χ2n) is 3.36. The third-order valence-corrected chi connectivity index (χ3v) is 2.18. The quantitative estimate of drug-likeness (QED) is 0.335. The number of carbonyl (C=O) groups is 2. The summed E-state index contributed by atoms with van der Waals surface area (Å²) in [5, 5.41) is 27.7. The van der Waals surface area contributed by atoms with Gasteiger partial charge in [-0.05, 0) is 12.0 Å². The van der Waals surface area contributed by atoms with Gasteiger partial charge in [-0.25, -0.2) is 0 Å². The number of nitro groups is 1. The predicted octanol–water partition coefficient (Wildman–Crippen LogP) is 0.00650. The van der Waals surface area contributed by atoms with E-state index in [9.17, 15) is 19.7 Å². The molecule has 0 bridgehead atoms. The third-order valence-electron chi connectivity index (χ3n) is 2.18. The first-order valence-corrected chi connectivity index (χ1v) is 4.60. The van der Waals surface area contributed by atoms with E-state index in [2.05, 4.69) is 0 Å². The van der Waals surface area contributed by atoms with Crippen LogP contribution in [-0.4, -0.2) is 50.1 Å². The average Bonchev–Trinajstić information content (AvgIpc) is 2.25. The molecule has 0 radical (unpaired) electrons. The molecular weight excluding hydrogens is 254 g/mol. The minimum atomic E-state index is -1.54. The fraction of sp³-hybridized carbons (Fsp3) is 0.200. The van der Waals surface area contributed by atoms with Crippen LogP contribution < -0.4 is 0 Å². The summed E-state index contributed by atoms with van der Waals surface area (Å²) in [5.41, 5.74) is 0.293. The average molecular weight is 266 g/mol. The standard InChI is InChI=1S/C10H9NO6.Mg.2H/c12-9(13)8(10(14)15)5-6-1-3-7(4-2-6)11(16)17;;;/h1-4,8H,5H2,(H,12,13)(H,14,15);;;. The molecule has 0 heterocycles. The molecule has 0 fully saturated rings. The van der Waals surface area contributed by atoms with Crippen molar-refractivity contribution in [1.29, 1.82) is 0 Å². The molecule has 0 aromatic heterocycles. The van der Waals surface area contributed by atoms with E-state index < -0.39 is 22.8 Å². The van der Waals surface area contributed by atoms with Gasteiger partial charge in [0.1, 0.15) is 0 Å². The van der Waals surface area contributed by atoms with Crippen LogP contribution in [0.4, 0.5) is 5.69 Å². The third kappa shape index (κ3) is 4.30. The zero-order valence-electron chi connectivity index (χ0n) is 8.57. The molecule has 0 saturated heterocycles. The molecule has 0 saturated carbocycles. The van der Waals surface area contributed by atoms with Gasteiger partial charge < -0.3 is 10.2 Å². The van der Waals surface area contributed by atoms with Gasteiger partial charge >= 0.3 is 35.0 Å². The van der Waals surface area contributed by atoms with Gasteiger partial charge in [0.25, 0.3) is 5.69 Å². The van der Waals surface area contributed by atoms with Crippen LogP contribution in [0.25, 0.3) is 0 Å². The Morgan fingerprint density at radius 1 is 1.17 bits per heavy atom. The van der Waals surface area contributed by atoms with E-state index in [4.69, 9.17) is 10.2 Å². The number of carboxylic acids is 2. The fourth-order valence-corrected chi connectivity index (χ4v) is 1.27. The number of hydrogen-bond donors (Lipinski definition) is 2. The first kappa shape index (κ1) is 16.3. The number of rotatable bonds is 5. The lowest BCUT2D eigenvalue weighted by atomic mass is 9.99. The molecule has 1 rings (SSSR count). The molecule has 8 heteroatoms. The van der Waals surface area contributed by atoms with Crippen LogP contribution in [0, 0.1) is 16.0 Å². The van der Waals surface area contributed by atoms with Crippen LogP contribution >= 0.6 is 0 Å². The van der Waals surface area contributed by atoms with Crippen molar-refractivity contribution >= 4 is 40.7 Å². The summed E-state index contributed by atoms with van der Waals surface area (Å²) < 4.78 is 0. The van der Waals surface area contributed by atoms with Crippen LogP contribution in [0.15, 0.2) is 24.3 Å². The van der Waals surface area contributed by atoms with Crippen molar-refractivity contribution < 1.29 is 24.7 Å². The molecule has 2 N–H and O–H groups in total. The van der Waals surface area contributed by atoms with Gasteiger partial charge in [-0.3, -0.25) is 19.7 Å². The van der Waals surface area contributed by atoms with E-state index >= 15 is 0 Å². The first-order valence-electron chi connectivity index (χ1n) is 4.60. The highest BCUT2D eigenvalue weighted by Crippen LogP contribution is 2.15. The van der Waals surface area contributed by atoms with E-state index in [0.29, 0.717) is 5.56 Å². The SMILES string of the molecule is O=C(O)C(Cc1ccc([N+](=O)[O-])cc1)C(=O)O.[MgH2]. The molecule has 0 aliphatic heterocycles. The van der Waals surface area contributed by atoms with E-state index in [1.807, 2.05) is 0 Å². The molecule has 0 aliphatic carbocycles. The van der Waals surface area contributed by atoms with E-state index in [0.717, 1.165) is 0 Å². The smallest absolute Gasteiger partial charge is 0.318 e. The second kappa shape index (κ2) is 6.92. The van der Waals surface area contributed by atoms with E-state index in [1.54, 1.807) is 0 Å². The maximum Gasteiger partial charge on any atom is 0.318 e. The number of carboxylic acid groups (broad SMARTS) is 2. The molecule has 94 valence electrons. The molecule has 0 unspecified atom stereocenters. The van der Waals surface area contributed by atoms with Crippen LogP contribution in [0.3, 0.4) is 0 Å². The maximum absolute atomic E-state index is 10.6. The Bertz CT molecular complexity index is 444. The molecular formula is C10H11MgNO6. The minimum Gasteiger partial charge on any atom is -0.481 e. The van der Waals surface area contributed by atoms with Crippen molar-refractivity contribution in [3.8, 4) is 0 Å². The van der Waals surface area contributed by atoms with Gasteiger partial charge in [-0.2, -0.15) is 0 Å². The lowest BCUT2D eigenvalue weighted by Crippen LogP contribution is -2.25. The van der Waals surface area contributed by atoms with Crippen LogP contribution in [0.5, 0.6) is 0 Å². The zero-order valence-corrected chi connectivity index (χ0v) is 8.57. The van der Waals surface area contributed by atoms with E-state index in [1.165, 1.54) is 24.3 Å². The largest absolute Gasteiger partial charge is 0.481 e. The summed E-state index contributed by atoms with van der Waals surface area (Å²) in [5.74, 6) is -4.41. The summed E-state index contributed by atoms with van der Waals surface area (Å²) in [6, 6.07) is 5.10. The van der Waals surface area contributed by atoms with Crippen molar-refractivity contribution in [2.75, 3.05) is 0 Å². The van der Waals surface area contributed by atoms with Crippen molar-refractivity contribution in [3.63, 3.8) is 0 Å². The topological polar surface area (TPSA) is 118 Å². The Morgan fingerprint density at radius 3 is 1.94 bits per heavy atom. The number of aliphatic carboxylic acids is 2. The lowest BCUT2D eigenvalue weighted by molar-refractivity contribution is -0.384. The van der Waals surface area contributed by atoms with Crippen LogP contribution in [0.1, 0.15) is 5.56 Å². The molecule has 0 aliphatic rings. The minimum absolute atomic E-state index is 0. The molecule has 0 amide bonds. The second-order valence-corrected chi connectivity index (χ2v) is 3.36. The Balaban J connectivity index is 0.00000289. The van der Waals surface area contributed by atoms with Crippen molar-refractivity contribution in [2.45, 2.75) is 6.42 Å². The number of nitrogens with zero attached hydrogens (tertiary/aromatic N) is 1. The maximum atomic E-state index is 10.6. The van der Waals surface area contributed by atoms with Crippen LogP contribution in [-0.2, 0) is 16.0 Å². The summed E-state index contributed by atoms with van der Waals surface area (Å²) in [7, 11) is 0. The van der Waals surface area contributed by atoms with Gasteiger partial charge in [0.05, 0.1) is 4.92 Å². The van der Waals surface area contributed by atoms with Gasteiger partial charge in [0.15, 0.2) is 5.92 Å². The summed E-state index contributed by atoms with van der Waals surface area (Å²) >= 11 is 0. The van der Waals surface area contributed by atoms with Gasteiger partial charge in [-0.1, -0.05) is 12.1 Å². The number of hydrogen-bond acceptors (Lipinski definition) is 4. The monoisotopic (exact) mass is 265 g/mol. The molecule has 0 atom stereocenters. The van der Waals surface area contributed by atoms with Gasteiger partial charge in [0, 0.05) is 12.1 Å². The molecule has 18 heavy (non-hydrogen) atoms. The summed E-state index contributed by atoms with van der Waals surface area (Å²) in [6.45, 7) is 0. The fourth-order valence-electron chi connectivity index (χ4n) is 1.27. The van der Waals surface area contributed by atoms with Crippen molar-refractivity contribution in [2.24, 2.45) is 5.92 Å². The van der Waals surface area contributed by atoms with Gasteiger partial charge in [-0.15, -0.1) is 0 Å². The zero-order chi connectivity index (χ0) is 13.0. The number of nitro benzene ring substituents is 1.